The van der Waals surface area contributed by atoms with Gasteiger partial charge in [-0.2, -0.15) is 0 Å². The second-order valence-electron chi connectivity index (χ2n) is 4.70. The van der Waals surface area contributed by atoms with Crippen molar-refractivity contribution >= 4 is 0 Å². The van der Waals surface area contributed by atoms with Gasteiger partial charge in [0.05, 0.1) is 0 Å². The number of H-pyrrole nitrogens is 1. The predicted molar refractivity (Wildman–Crippen MR) is 74.6 cm³/mol. The van der Waals surface area contributed by atoms with Crippen molar-refractivity contribution in [2.24, 2.45) is 5.73 Å². The van der Waals surface area contributed by atoms with E-state index in [-0.39, 0.29) is 12.1 Å². The molecule has 1 heterocycles. The van der Waals surface area contributed by atoms with Gasteiger partial charge in [0.15, 0.2) is 0 Å². The monoisotopic (exact) mass is 242 g/mol. The van der Waals surface area contributed by atoms with Crippen molar-refractivity contribution in [3.05, 3.63) is 56.9 Å². The number of aromatic nitrogens is 1. The lowest BCUT2D eigenvalue weighted by molar-refractivity contribution is 1.02. The average Bonchev–Trinajstić information content (AvgIpc) is 2.27. The lowest BCUT2D eigenvalue weighted by Crippen LogP contribution is -2.16. The first-order chi connectivity index (χ1) is 8.52. The van der Waals surface area contributed by atoms with Gasteiger partial charge < -0.3 is 10.7 Å². The molecule has 0 saturated heterocycles. The van der Waals surface area contributed by atoms with Gasteiger partial charge in [0.25, 0.3) is 5.56 Å². The summed E-state index contributed by atoms with van der Waals surface area (Å²) in [5.74, 6) is 0. The predicted octanol–water partition coefficient (Wildman–Crippen LogP) is 2.43. The molecule has 1 aromatic carbocycles. The van der Waals surface area contributed by atoms with Crippen LogP contribution in [0.25, 0.3) is 11.3 Å². The molecule has 2 rings (SSSR count). The van der Waals surface area contributed by atoms with Gasteiger partial charge in [0, 0.05) is 23.4 Å². The molecule has 3 N–H and O–H groups in total. The minimum Gasteiger partial charge on any atom is -0.326 e. The van der Waals surface area contributed by atoms with Crippen LogP contribution in [0.3, 0.4) is 0 Å². The van der Waals surface area contributed by atoms with Gasteiger partial charge >= 0.3 is 0 Å². The van der Waals surface area contributed by atoms with E-state index in [9.17, 15) is 4.79 Å². The normalized spacial score (nSPS) is 10.7. The van der Waals surface area contributed by atoms with Gasteiger partial charge in [0.1, 0.15) is 0 Å². The molecular formula is C15H18N2O. The maximum Gasteiger partial charge on any atom is 0.252 e. The maximum absolute atomic E-state index is 11.8. The fraction of sp³-hybridized carbons (Fsp3) is 0.267. The van der Waals surface area contributed by atoms with Crippen molar-refractivity contribution in [3.63, 3.8) is 0 Å². The fourth-order valence-corrected chi connectivity index (χ4v) is 2.42. The highest BCUT2D eigenvalue weighted by atomic mass is 16.1. The van der Waals surface area contributed by atoms with Gasteiger partial charge in [-0.1, -0.05) is 23.8 Å². The van der Waals surface area contributed by atoms with E-state index >= 15 is 0 Å². The zero-order valence-corrected chi connectivity index (χ0v) is 11.0. The molecule has 0 bridgehead atoms. The summed E-state index contributed by atoms with van der Waals surface area (Å²) < 4.78 is 0. The van der Waals surface area contributed by atoms with Crippen LogP contribution in [0.1, 0.15) is 22.3 Å². The highest BCUT2D eigenvalue weighted by Gasteiger charge is 2.08. The lowest BCUT2D eigenvalue weighted by Gasteiger charge is -2.11. The number of nitrogens with one attached hydrogen (secondary N) is 1. The smallest absolute Gasteiger partial charge is 0.252 e. The van der Waals surface area contributed by atoms with Gasteiger partial charge in [-0.3, -0.25) is 4.79 Å². The zero-order valence-electron chi connectivity index (χ0n) is 11.0. The summed E-state index contributed by atoms with van der Waals surface area (Å²) in [6.45, 7) is 6.46. The number of nitrogens with two attached hydrogens (primary N) is 1. The Hall–Kier alpha value is -1.87. The standard InChI is InChI=1S/C15H18N2O/c1-9-6-10(2)14(11(3)7-9)13-5-4-12(8-16)15(18)17-13/h4-7H,8,16H2,1-3H3,(H,17,18). The Balaban J connectivity index is 2.63. The topological polar surface area (TPSA) is 58.9 Å². The first-order valence-electron chi connectivity index (χ1n) is 6.03. The molecule has 0 atom stereocenters. The van der Waals surface area contributed by atoms with Crippen molar-refractivity contribution < 1.29 is 0 Å². The quantitative estimate of drug-likeness (QED) is 0.849. The molecule has 0 fully saturated rings. The van der Waals surface area contributed by atoms with Crippen LogP contribution in [0.5, 0.6) is 0 Å². The van der Waals surface area contributed by atoms with Gasteiger partial charge in [-0.25, -0.2) is 0 Å². The van der Waals surface area contributed by atoms with Gasteiger partial charge in [0.2, 0.25) is 0 Å². The van der Waals surface area contributed by atoms with Crippen LogP contribution in [-0.4, -0.2) is 4.98 Å². The summed E-state index contributed by atoms with van der Waals surface area (Å²) in [5.41, 5.74) is 11.5. The van der Waals surface area contributed by atoms with E-state index in [2.05, 4.69) is 37.9 Å². The number of rotatable bonds is 2. The van der Waals surface area contributed by atoms with E-state index in [0.717, 1.165) is 11.3 Å². The van der Waals surface area contributed by atoms with Crippen LogP contribution in [0.4, 0.5) is 0 Å². The van der Waals surface area contributed by atoms with E-state index in [1.807, 2.05) is 6.07 Å². The van der Waals surface area contributed by atoms with Crippen LogP contribution < -0.4 is 11.3 Å². The first-order valence-corrected chi connectivity index (χ1v) is 6.03. The zero-order chi connectivity index (χ0) is 13.3. The molecule has 18 heavy (non-hydrogen) atoms. The van der Waals surface area contributed by atoms with Crippen molar-refractivity contribution in [2.75, 3.05) is 0 Å². The molecule has 0 amide bonds. The number of hydrogen-bond acceptors (Lipinski definition) is 2. The Morgan fingerprint density at radius 1 is 1.11 bits per heavy atom. The fourth-order valence-electron chi connectivity index (χ4n) is 2.42. The highest BCUT2D eigenvalue weighted by Crippen LogP contribution is 2.26. The third-order valence-corrected chi connectivity index (χ3v) is 3.16. The summed E-state index contributed by atoms with van der Waals surface area (Å²) in [5, 5.41) is 0. The molecule has 0 unspecified atom stereocenters. The van der Waals surface area contributed by atoms with Crippen molar-refractivity contribution in [1.82, 2.24) is 4.98 Å². The van der Waals surface area contributed by atoms with Gasteiger partial charge in [-0.15, -0.1) is 0 Å². The molecule has 0 radical (unpaired) electrons. The van der Waals surface area contributed by atoms with E-state index in [0.29, 0.717) is 5.56 Å². The van der Waals surface area contributed by atoms with Crippen LogP contribution in [0, 0.1) is 20.8 Å². The summed E-state index contributed by atoms with van der Waals surface area (Å²) in [6.07, 6.45) is 0. The number of pyridine rings is 1. The maximum atomic E-state index is 11.8. The highest BCUT2D eigenvalue weighted by molar-refractivity contribution is 5.68. The Kier molecular flexibility index (Phi) is 3.34. The van der Waals surface area contributed by atoms with E-state index < -0.39 is 0 Å². The largest absolute Gasteiger partial charge is 0.326 e. The van der Waals surface area contributed by atoms with Crippen molar-refractivity contribution in [1.29, 1.82) is 0 Å². The third kappa shape index (κ3) is 2.22. The summed E-state index contributed by atoms with van der Waals surface area (Å²) >= 11 is 0. The number of aryl methyl sites for hydroxylation is 3. The van der Waals surface area contributed by atoms with Crippen LogP contribution >= 0.6 is 0 Å². The molecule has 0 spiro atoms. The van der Waals surface area contributed by atoms with Crippen LogP contribution in [0.15, 0.2) is 29.1 Å². The summed E-state index contributed by atoms with van der Waals surface area (Å²) in [4.78, 5) is 14.7. The Bertz CT molecular complexity index is 618. The summed E-state index contributed by atoms with van der Waals surface area (Å²) in [6, 6.07) is 7.97. The first kappa shape index (κ1) is 12.6. The van der Waals surface area contributed by atoms with Crippen molar-refractivity contribution in [2.45, 2.75) is 27.3 Å². The van der Waals surface area contributed by atoms with Gasteiger partial charge in [-0.05, 0) is 38.0 Å². The molecule has 0 aliphatic heterocycles. The van der Waals surface area contributed by atoms with E-state index in [1.165, 1.54) is 16.7 Å². The number of aromatic amines is 1. The minimum atomic E-state index is -0.102. The van der Waals surface area contributed by atoms with E-state index in [1.54, 1.807) is 6.07 Å². The second kappa shape index (κ2) is 4.78. The molecule has 94 valence electrons. The minimum absolute atomic E-state index is 0.102. The number of hydrogen-bond donors (Lipinski definition) is 2. The molecular weight excluding hydrogens is 224 g/mol. The lowest BCUT2D eigenvalue weighted by atomic mass is 9.97. The Morgan fingerprint density at radius 3 is 2.22 bits per heavy atom. The van der Waals surface area contributed by atoms with Crippen LogP contribution in [0.2, 0.25) is 0 Å². The summed E-state index contributed by atoms with van der Waals surface area (Å²) in [7, 11) is 0. The average molecular weight is 242 g/mol. The SMILES string of the molecule is Cc1cc(C)c(-c2ccc(CN)c(=O)[nH]2)c(C)c1. The molecule has 0 saturated carbocycles. The molecule has 3 nitrogen and oxygen atoms in total. The second-order valence-corrected chi connectivity index (χ2v) is 4.70. The van der Waals surface area contributed by atoms with Crippen LogP contribution in [-0.2, 0) is 6.54 Å². The molecule has 2 aromatic rings. The van der Waals surface area contributed by atoms with E-state index in [4.69, 9.17) is 5.73 Å². The molecule has 0 aliphatic carbocycles. The Labute approximate surface area is 107 Å². The van der Waals surface area contributed by atoms with Crippen molar-refractivity contribution in [3.8, 4) is 11.3 Å². The molecule has 3 heteroatoms. The Morgan fingerprint density at radius 2 is 1.72 bits per heavy atom. The molecule has 1 aromatic heterocycles. The third-order valence-electron chi connectivity index (χ3n) is 3.16. The molecule has 0 aliphatic rings. The number of benzene rings is 1.